The van der Waals surface area contributed by atoms with Gasteiger partial charge in [0.15, 0.2) is 0 Å². The maximum atomic E-state index is 6.08. The van der Waals surface area contributed by atoms with Gasteiger partial charge in [-0.25, -0.2) is 0 Å². The number of hydrogen-bond acceptors (Lipinski definition) is 3. The van der Waals surface area contributed by atoms with E-state index in [-0.39, 0.29) is 12.1 Å². The van der Waals surface area contributed by atoms with Crippen molar-refractivity contribution in [3.05, 3.63) is 70.5 Å². The standard InChI is InChI=1S/C26H34ClN3O/c1-6-20-16-25(29-22-11-13-23(14-12-22)31-18(4)5)24(30-26(20)28-17(2)3)15-19-7-9-21(27)10-8-19/h7-14,17-18,20,29H,6,15-16H2,1-5H3,(H,28,30). The van der Waals surface area contributed by atoms with E-state index in [0.29, 0.717) is 5.92 Å². The van der Waals surface area contributed by atoms with Crippen LogP contribution in [0.4, 0.5) is 5.69 Å². The van der Waals surface area contributed by atoms with E-state index < -0.39 is 0 Å². The Hall–Kier alpha value is -2.46. The van der Waals surface area contributed by atoms with E-state index in [1.807, 2.05) is 38.1 Å². The SMILES string of the molecule is CCC1CC(Nc2ccc(OC(C)C)cc2)=C(Cc2ccc(Cl)cc2)NC1=NC(C)C. The Morgan fingerprint density at radius 2 is 1.74 bits per heavy atom. The number of aliphatic imine (C=N–C) groups is 1. The van der Waals surface area contributed by atoms with Crippen LogP contribution in [0.5, 0.6) is 5.75 Å². The summed E-state index contributed by atoms with van der Waals surface area (Å²) < 4.78 is 5.78. The molecule has 1 aliphatic heterocycles. The van der Waals surface area contributed by atoms with E-state index >= 15 is 0 Å². The second-order valence-electron chi connectivity index (χ2n) is 8.62. The number of rotatable bonds is 8. The van der Waals surface area contributed by atoms with Gasteiger partial charge in [0, 0.05) is 40.5 Å². The molecule has 0 saturated heterocycles. The van der Waals surface area contributed by atoms with Crippen LogP contribution in [0, 0.1) is 5.92 Å². The third kappa shape index (κ3) is 6.76. The average molecular weight is 440 g/mol. The van der Waals surface area contributed by atoms with E-state index in [4.69, 9.17) is 21.3 Å². The summed E-state index contributed by atoms with van der Waals surface area (Å²) in [6, 6.07) is 16.5. The van der Waals surface area contributed by atoms with Crippen LogP contribution in [0.25, 0.3) is 0 Å². The van der Waals surface area contributed by atoms with Crippen molar-refractivity contribution in [1.29, 1.82) is 0 Å². The molecule has 0 saturated carbocycles. The lowest BCUT2D eigenvalue weighted by Gasteiger charge is -2.31. The van der Waals surface area contributed by atoms with E-state index in [9.17, 15) is 0 Å². The summed E-state index contributed by atoms with van der Waals surface area (Å²) in [6.45, 7) is 10.5. The van der Waals surface area contributed by atoms with Gasteiger partial charge in [-0.1, -0.05) is 30.7 Å². The zero-order valence-electron chi connectivity index (χ0n) is 19.2. The lowest BCUT2D eigenvalue weighted by atomic mass is 9.92. The minimum absolute atomic E-state index is 0.166. The molecule has 0 amide bonds. The molecule has 0 spiro atoms. The van der Waals surface area contributed by atoms with Crippen molar-refractivity contribution < 1.29 is 4.74 Å². The lowest BCUT2D eigenvalue weighted by Crippen LogP contribution is -2.38. The van der Waals surface area contributed by atoms with Gasteiger partial charge < -0.3 is 15.4 Å². The number of nitrogens with zero attached hydrogens (tertiary/aromatic N) is 1. The minimum Gasteiger partial charge on any atom is -0.491 e. The van der Waals surface area contributed by atoms with Crippen molar-refractivity contribution in [3.8, 4) is 5.75 Å². The maximum absolute atomic E-state index is 6.08. The summed E-state index contributed by atoms with van der Waals surface area (Å²) in [5.41, 5.74) is 4.64. The Morgan fingerprint density at radius 3 is 2.32 bits per heavy atom. The van der Waals surface area contributed by atoms with Crippen LogP contribution in [0.2, 0.25) is 5.02 Å². The molecule has 0 bridgehead atoms. The Balaban J connectivity index is 1.89. The monoisotopic (exact) mass is 439 g/mol. The smallest absolute Gasteiger partial charge is 0.119 e. The van der Waals surface area contributed by atoms with Crippen LogP contribution in [0.1, 0.15) is 53.0 Å². The third-order valence-corrected chi connectivity index (χ3v) is 5.44. The highest BCUT2D eigenvalue weighted by Gasteiger charge is 2.25. The van der Waals surface area contributed by atoms with Gasteiger partial charge in [-0.2, -0.15) is 0 Å². The summed E-state index contributed by atoms with van der Waals surface area (Å²) in [5, 5.41) is 8.08. The fraction of sp³-hybridized carbons (Fsp3) is 0.423. The molecule has 1 atom stereocenters. The summed E-state index contributed by atoms with van der Waals surface area (Å²) in [5.74, 6) is 2.35. The van der Waals surface area contributed by atoms with E-state index in [0.717, 1.165) is 47.3 Å². The second-order valence-corrected chi connectivity index (χ2v) is 9.06. The number of nitrogens with one attached hydrogen (secondary N) is 2. The first-order valence-corrected chi connectivity index (χ1v) is 11.6. The molecule has 0 aromatic heterocycles. The molecule has 1 aliphatic rings. The predicted octanol–water partition coefficient (Wildman–Crippen LogP) is 6.82. The Kier molecular flexibility index (Phi) is 8.03. The second kappa shape index (κ2) is 10.7. The highest BCUT2D eigenvalue weighted by molar-refractivity contribution is 6.30. The Bertz CT molecular complexity index is 915. The first-order valence-electron chi connectivity index (χ1n) is 11.2. The van der Waals surface area contributed by atoms with Gasteiger partial charge in [0.05, 0.1) is 6.10 Å². The van der Waals surface area contributed by atoms with Crippen LogP contribution < -0.4 is 15.4 Å². The van der Waals surface area contributed by atoms with E-state index in [2.05, 4.69) is 55.7 Å². The van der Waals surface area contributed by atoms with Crippen LogP contribution in [0.3, 0.4) is 0 Å². The van der Waals surface area contributed by atoms with Gasteiger partial charge >= 0.3 is 0 Å². The number of halogens is 1. The average Bonchev–Trinajstić information content (AvgIpc) is 2.72. The largest absolute Gasteiger partial charge is 0.491 e. The van der Waals surface area contributed by atoms with Crippen LogP contribution in [-0.2, 0) is 6.42 Å². The molecule has 2 aromatic rings. The van der Waals surface area contributed by atoms with Crippen LogP contribution in [-0.4, -0.2) is 18.0 Å². The molecule has 0 radical (unpaired) electrons. The van der Waals surface area contributed by atoms with Crippen LogP contribution >= 0.6 is 11.6 Å². The number of anilines is 1. The molecule has 4 nitrogen and oxygen atoms in total. The quantitative estimate of drug-likeness (QED) is 0.474. The third-order valence-electron chi connectivity index (χ3n) is 5.19. The topological polar surface area (TPSA) is 45.6 Å². The zero-order chi connectivity index (χ0) is 22.4. The first-order chi connectivity index (χ1) is 14.8. The number of ether oxygens (including phenoxy) is 1. The number of benzene rings is 2. The number of amidine groups is 1. The fourth-order valence-corrected chi connectivity index (χ4v) is 3.82. The van der Waals surface area contributed by atoms with Crippen LogP contribution in [0.15, 0.2) is 64.9 Å². The normalized spacial score (nSPS) is 17.9. The summed E-state index contributed by atoms with van der Waals surface area (Å²) >= 11 is 6.08. The van der Waals surface area contributed by atoms with Gasteiger partial charge in [-0.05, 0) is 82.5 Å². The van der Waals surface area contributed by atoms with Crippen molar-refractivity contribution >= 4 is 23.1 Å². The van der Waals surface area contributed by atoms with Crippen molar-refractivity contribution in [3.63, 3.8) is 0 Å². The highest BCUT2D eigenvalue weighted by atomic mass is 35.5. The van der Waals surface area contributed by atoms with Gasteiger partial charge in [-0.3, -0.25) is 4.99 Å². The molecule has 1 unspecified atom stereocenters. The molecule has 2 N–H and O–H groups in total. The summed E-state index contributed by atoms with van der Waals surface area (Å²) in [6.07, 6.45) is 2.93. The van der Waals surface area contributed by atoms with Gasteiger partial charge in [-0.15, -0.1) is 0 Å². The van der Waals surface area contributed by atoms with E-state index in [1.165, 1.54) is 11.3 Å². The highest BCUT2D eigenvalue weighted by Crippen LogP contribution is 2.28. The molecule has 5 heteroatoms. The zero-order valence-corrected chi connectivity index (χ0v) is 20.0. The molecular formula is C26H34ClN3O. The minimum atomic E-state index is 0.166. The van der Waals surface area contributed by atoms with Crippen molar-refractivity contribution in [1.82, 2.24) is 5.32 Å². The van der Waals surface area contributed by atoms with Crippen molar-refractivity contribution in [2.45, 2.75) is 66.0 Å². The molecule has 0 fully saturated rings. The first kappa shape index (κ1) is 23.2. The molecule has 31 heavy (non-hydrogen) atoms. The van der Waals surface area contributed by atoms with Gasteiger partial charge in [0.1, 0.15) is 11.6 Å². The summed E-state index contributed by atoms with van der Waals surface area (Å²) in [4.78, 5) is 4.88. The van der Waals surface area contributed by atoms with E-state index in [1.54, 1.807) is 0 Å². The van der Waals surface area contributed by atoms with Crippen molar-refractivity contribution in [2.24, 2.45) is 10.9 Å². The molecule has 166 valence electrons. The lowest BCUT2D eigenvalue weighted by molar-refractivity contribution is 0.242. The molecule has 0 aliphatic carbocycles. The molecule has 3 rings (SSSR count). The summed E-state index contributed by atoms with van der Waals surface area (Å²) in [7, 11) is 0. The molecule has 2 aromatic carbocycles. The van der Waals surface area contributed by atoms with Gasteiger partial charge in [0.2, 0.25) is 0 Å². The Morgan fingerprint density at radius 1 is 1.06 bits per heavy atom. The number of allylic oxidation sites excluding steroid dienone is 2. The van der Waals surface area contributed by atoms with Crippen molar-refractivity contribution in [2.75, 3.05) is 5.32 Å². The fourth-order valence-electron chi connectivity index (χ4n) is 3.70. The maximum Gasteiger partial charge on any atom is 0.119 e. The predicted molar refractivity (Wildman–Crippen MR) is 132 cm³/mol. The number of hydrogen-bond donors (Lipinski definition) is 2. The molecular weight excluding hydrogens is 406 g/mol. The Labute approximate surface area is 191 Å². The van der Waals surface area contributed by atoms with Gasteiger partial charge in [0.25, 0.3) is 0 Å². The molecule has 1 heterocycles.